The number of nitrogens with two attached hydrogens (primary N) is 1. The van der Waals surface area contributed by atoms with Gasteiger partial charge in [-0.1, -0.05) is 15.9 Å². The molecule has 1 heterocycles. The van der Waals surface area contributed by atoms with Crippen molar-refractivity contribution in [2.45, 2.75) is 70.2 Å². The molecule has 1 saturated carbocycles. The van der Waals surface area contributed by atoms with E-state index in [2.05, 4.69) is 21.2 Å². The van der Waals surface area contributed by atoms with Crippen LogP contribution in [0.3, 0.4) is 0 Å². The zero-order valence-electron chi connectivity index (χ0n) is 17.3. The SMILES string of the molecule is CC(C)(C)OC(=O)N1C2CCC(C2)C1C(=O)N[C@@H](Cc1cc(Br)ccc1F)C(N)=O. The number of likely N-dealkylation sites (tertiary alicyclic amines) is 1. The molecule has 2 bridgehead atoms. The minimum Gasteiger partial charge on any atom is -0.444 e. The van der Waals surface area contributed by atoms with Crippen LogP contribution in [-0.4, -0.2) is 46.5 Å². The van der Waals surface area contributed by atoms with Gasteiger partial charge in [-0.15, -0.1) is 0 Å². The van der Waals surface area contributed by atoms with Crippen molar-refractivity contribution in [3.8, 4) is 0 Å². The molecule has 3 N–H and O–H groups in total. The first-order valence-electron chi connectivity index (χ1n) is 10.0. The highest BCUT2D eigenvalue weighted by molar-refractivity contribution is 9.10. The zero-order chi connectivity index (χ0) is 22.2. The normalized spacial score (nSPS) is 23.9. The quantitative estimate of drug-likeness (QED) is 0.671. The van der Waals surface area contributed by atoms with Crippen LogP contribution in [0.4, 0.5) is 9.18 Å². The van der Waals surface area contributed by atoms with Crippen LogP contribution in [0.15, 0.2) is 22.7 Å². The van der Waals surface area contributed by atoms with E-state index < -0.39 is 41.4 Å². The number of carbonyl (C=O) groups is 3. The van der Waals surface area contributed by atoms with Crippen molar-refractivity contribution in [2.24, 2.45) is 11.7 Å². The topological polar surface area (TPSA) is 102 Å². The molecule has 1 aliphatic heterocycles. The van der Waals surface area contributed by atoms with Gasteiger partial charge in [0.25, 0.3) is 0 Å². The average molecular weight is 484 g/mol. The molecule has 3 rings (SSSR count). The highest BCUT2D eigenvalue weighted by Gasteiger charge is 2.52. The van der Waals surface area contributed by atoms with E-state index in [0.717, 1.165) is 19.3 Å². The molecule has 4 atom stereocenters. The summed E-state index contributed by atoms with van der Waals surface area (Å²) in [6.45, 7) is 5.30. The van der Waals surface area contributed by atoms with Crippen LogP contribution in [-0.2, 0) is 20.7 Å². The number of ether oxygens (including phenoxy) is 1. The predicted molar refractivity (Wildman–Crippen MR) is 112 cm³/mol. The van der Waals surface area contributed by atoms with E-state index in [1.54, 1.807) is 32.9 Å². The summed E-state index contributed by atoms with van der Waals surface area (Å²) in [7, 11) is 0. The Morgan fingerprint density at radius 1 is 1.33 bits per heavy atom. The van der Waals surface area contributed by atoms with E-state index in [9.17, 15) is 18.8 Å². The van der Waals surface area contributed by atoms with Gasteiger partial charge in [0.05, 0.1) is 0 Å². The molecule has 30 heavy (non-hydrogen) atoms. The second-order valence-corrected chi connectivity index (χ2v) is 9.88. The summed E-state index contributed by atoms with van der Waals surface area (Å²) < 4.78 is 20.3. The minimum atomic E-state index is -1.10. The number of benzene rings is 1. The number of carbonyl (C=O) groups excluding carboxylic acids is 3. The number of hydrogen-bond acceptors (Lipinski definition) is 4. The summed E-state index contributed by atoms with van der Waals surface area (Å²) in [5.41, 5.74) is 5.05. The molecule has 1 aromatic carbocycles. The van der Waals surface area contributed by atoms with Crippen LogP contribution in [0.5, 0.6) is 0 Å². The second kappa shape index (κ2) is 8.53. The van der Waals surface area contributed by atoms with E-state index in [-0.39, 0.29) is 23.9 Å². The molecule has 3 unspecified atom stereocenters. The maximum absolute atomic E-state index is 14.1. The third-order valence-electron chi connectivity index (χ3n) is 5.55. The summed E-state index contributed by atoms with van der Waals surface area (Å²) >= 11 is 3.27. The summed E-state index contributed by atoms with van der Waals surface area (Å²) in [6, 6.07) is 2.48. The molecule has 1 aliphatic carbocycles. The standard InChI is InChI=1S/C21H27BrFN3O4/c1-21(2,3)30-20(29)26-14-6-4-11(9-14)17(26)19(28)25-16(18(24)27)10-12-8-13(22)5-7-15(12)23/h5,7-8,11,14,16-17H,4,6,9-10H2,1-3H3,(H2,24,27)(H,25,28)/t11?,14?,16-,17?/m0/s1. The number of fused-ring (bicyclic) bond motifs is 2. The first kappa shape index (κ1) is 22.5. The fourth-order valence-electron chi connectivity index (χ4n) is 4.30. The predicted octanol–water partition coefficient (Wildman–Crippen LogP) is 2.89. The van der Waals surface area contributed by atoms with Gasteiger partial charge in [0.1, 0.15) is 23.5 Å². The van der Waals surface area contributed by atoms with Gasteiger partial charge in [-0.25, -0.2) is 9.18 Å². The Kier molecular flexibility index (Phi) is 6.40. The molecule has 7 nitrogen and oxygen atoms in total. The largest absolute Gasteiger partial charge is 0.444 e. The highest BCUT2D eigenvalue weighted by Crippen LogP contribution is 2.43. The van der Waals surface area contributed by atoms with Crippen molar-refractivity contribution >= 4 is 33.8 Å². The van der Waals surface area contributed by atoms with Crippen LogP contribution >= 0.6 is 15.9 Å². The fraction of sp³-hybridized carbons (Fsp3) is 0.571. The number of piperidine rings is 1. The maximum atomic E-state index is 14.1. The number of rotatable bonds is 5. The number of nitrogens with one attached hydrogen (secondary N) is 1. The van der Waals surface area contributed by atoms with E-state index in [1.165, 1.54) is 11.0 Å². The van der Waals surface area contributed by atoms with Crippen LogP contribution in [0.25, 0.3) is 0 Å². The summed E-state index contributed by atoms with van der Waals surface area (Å²) in [5, 5.41) is 2.64. The van der Waals surface area contributed by atoms with E-state index in [0.29, 0.717) is 4.47 Å². The Morgan fingerprint density at radius 3 is 2.67 bits per heavy atom. The lowest BCUT2D eigenvalue weighted by Crippen LogP contribution is -2.57. The number of halogens is 2. The Hall–Kier alpha value is -2.16. The number of amides is 3. The molecule has 164 valence electrons. The van der Waals surface area contributed by atoms with Gasteiger partial charge in [0.15, 0.2) is 0 Å². The molecule has 2 fully saturated rings. The second-order valence-electron chi connectivity index (χ2n) is 8.96. The van der Waals surface area contributed by atoms with Crippen LogP contribution in [0.1, 0.15) is 45.6 Å². The minimum absolute atomic E-state index is 0.00125. The van der Waals surface area contributed by atoms with E-state index in [4.69, 9.17) is 10.5 Å². The molecule has 2 aliphatic rings. The average Bonchev–Trinajstić information content (AvgIpc) is 3.23. The van der Waals surface area contributed by atoms with Crippen molar-refractivity contribution in [3.05, 3.63) is 34.1 Å². The lowest BCUT2D eigenvalue weighted by molar-refractivity contribution is -0.132. The van der Waals surface area contributed by atoms with Gasteiger partial charge in [-0.05, 0) is 69.7 Å². The monoisotopic (exact) mass is 483 g/mol. The maximum Gasteiger partial charge on any atom is 0.411 e. The summed E-state index contributed by atoms with van der Waals surface area (Å²) in [6.07, 6.45) is 1.74. The summed E-state index contributed by atoms with van der Waals surface area (Å²) in [4.78, 5) is 39.3. The first-order chi connectivity index (χ1) is 14.0. The molecule has 1 saturated heterocycles. The Bertz CT molecular complexity index is 857. The zero-order valence-corrected chi connectivity index (χ0v) is 18.9. The lowest BCUT2D eigenvalue weighted by atomic mass is 9.97. The van der Waals surface area contributed by atoms with Crippen LogP contribution in [0, 0.1) is 11.7 Å². The lowest BCUT2D eigenvalue weighted by Gasteiger charge is -2.36. The van der Waals surface area contributed by atoms with Crippen molar-refractivity contribution < 1.29 is 23.5 Å². The number of primary amides is 1. The van der Waals surface area contributed by atoms with Gasteiger partial charge < -0.3 is 15.8 Å². The van der Waals surface area contributed by atoms with Crippen LogP contribution in [0.2, 0.25) is 0 Å². The van der Waals surface area contributed by atoms with Gasteiger partial charge in [-0.2, -0.15) is 0 Å². The van der Waals surface area contributed by atoms with Gasteiger partial charge in [0, 0.05) is 16.9 Å². The third kappa shape index (κ3) is 4.94. The molecule has 3 amide bonds. The van der Waals surface area contributed by atoms with Gasteiger partial charge in [0.2, 0.25) is 11.8 Å². The van der Waals surface area contributed by atoms with Crippen molar-refractivity contribution in [3.63, 3.8) is 0 Å². The molecular formula is C21H27BrFN3O4. The van der Waals surface area contributed by atoms with Crippen molar-refractivity contribution in [1.82, 2.24) is 10.2 Å². The highest BCUT2D eigenvalue weighted by atomic mass is 79.9. The Labute approximate surface area is 183 Å². The van der Waals surface area contributed by atoms with Gasteiger partial charge in [-0.3, -0.25) is 14.5 Å². The first-order valence-corrected chi connectivity index (χ1v) is 10.8. The van der Waals surface area contributed by atoms with E-state index in [1.807, 2.05) is 0 Å². The number of hydrogen-bond donors (Lipinski definition) is 2. The number of nitrogens with zero attached hydrogens (tertiary/aromatic N) is 1. The summed E-state index contributed by atoms with van der Waals surface area (Å²) in [5.74, 6) is -1.73. The van der Waals surface area contributed by atoms with Crippen LogP contribution < -0.4 is 11.1 Å². The molecule has 0 radical (unpaired) electrons. The smallest absolute Gasteiger partial charge is 0.411 e. The molecule has 0 aromatic heterocycles. The molecule has 1 aromatic rings. The van der Waals surface area contributed by atoms with E-state index >= 15 is 0 Å². The molecule has 0 spiro atoms. The van der Waals surface area contributed by atoms with Crippen molar-refractivity contribution in [2.75, 3.05) is 0 Å². The third-order valence-corrected chi connectivity index (χ3v) is 6.04. The van der Waals surface area contributed by atoms with Gasteiger partial charge >= 0.3 is 6.09 Å². The Balaban J connectivity index is 1.76. The van der Waals surface area contributed by atoms with Crippen molar-refractivity contribution in [1.29, 1.82) is 0 Å². The Morgan fingerprint density at radius 2 is 2.03 bits per heavy atom. The fourth-order valence-corrected chi connectivity index (χ4v) is 4.71. The molecular weight excluding hydrogens is 457 g/mol. The molecule has 9 heteroatoms.